The van der Waals surface area contributed by atoms with Crippen LogP contribution < -0.4 is 0 Å². The highest BCUT2D eigenvalue weighted by atomic mass is 32.2. The van der Waals surface area contributed by atoms with Crippen molar-refractivity contribution in [2.45, 2.75) is 43.4 Å². The second kappa shape index (κ2) is 7.93. The number of furan rings is 1. The van der Waals surface area contributed by atoms with E-state index >= 15 is 0 Å². The van der Waals surface area contributed by atoms with E-state index in [0.29, 0.717) is 6.04 Å². The van der Waals surface area contributed by atoms with E-state index in [1.54, 1.807) is 6.26 Å². The third kappa shape index (κ3) is 3.93. The molecule has 2 aliphatic heterocycles. The number of nitrogens with zero attached hydrogens (tertiary/aromatic N) is 5. The molecule has 0 spiro atoms. The molecule has 2 aromatic rings. The van der Waals surface area contributed by atoms with Crippen LogP contribution in [-0.2, 0) is 13.6 Å². The monoisotopic (exact) mass is 361 g/mol. The summed E-state index contributed by atoms with van der Waals surface area (Å²) >= 11 is 1.83. The molecular weight excluding hydrogens is 334 g/mol. The second-order valence-electron chi connectivity index (χ2n) is 7.00. The molecule has 0 aliphatic carbocycles. The summed E-state index contributed by atoms with van der Waals surface area (Å²) in [4.78, 5) is 5.01. The SMILES string of the molecule is Cn1c(SCCN2CCCC2)nnc1[C@H]1CCCN1Cc1ccco1. The Morgan fingerprint density at radius 2 is 2.08 bits per heavy atom. The first-order chi connectivity index (χ1) is 12.3. The Balaban J connectivity index is 1.37. The lowest BCUT2D eigenvalue weighted by molar-refractivity contribution is 0.217. The van der Waals surface area contributed by atoms with Gasteiger partial charge in [0.1, 0.15) is 5.76 Å². The number of hydrogen-bond acceptors (Lipinski definition) is 6. The molecular formula is C18H27N5OS. The summed E-state index contributed by atoms with van der Waals surface area (Å²) in [5, 5.41) is 10.0. The highest BCUT2D eigenvalue weighted by molar-refractivity contribution is 7.99. The Bertz CT molecular complexity index is 665. The summed E-state index contributed by atoms with van der Waals surface area (Å²) in [5.41, 5.74) is 0. The average molecular weight is 362 g/mol. The Kier molecular flexibility index (Phi) is 5.43. The van der Waals surface area contributed by atoms with Crippen molar-refractivity contribution in [1.82, 2.24) is 24.6 Å². The molecule has 0 radical (unpaired) electrons. The molecule has 4 rings (SSSR count). The normalized spacial score (nSPS) is 22.2. The van der Waals surface area contributed by atoms with Gasteiger partial charge in [-0.2, -0.15) is 0 Å². The number of likely N-dealkylation sites (tertiary alicyclic amines) is 2. The Labute approximate surface area is 153 Å². The largest absolute Gasteiger partial charge is 0.468 e. The second-order valence-corrected chi connectivity index (χ2v) is 8.07. The fraction of sp³-hybridized carbons (Fsp3) is 0.667. The molecule has 0 aromatic carbocycles. The maximum absolute atomic E-state index is 5.52. The van der Waals surface area contributed by atoms with Gasteiger partial charge in [0.15, 0.2) is 11.0 Å². The highest BCUT2D eigenvalue weighted by Gasteiger charge is 2.31. The van der Waals surface area contributed by atoms with Crippen LogP contribution in [0.3, 0.4) is 0 Å². The Morgan fingerprint density at radius 1 is 1.20 bits per heavy atom. The van der Waals surface area contributed by atoms with Crippen LogP contribution in [0.5, 0.6) is 0 Å². The van der Waals surface area contributed by atoms with Gasteiger partial charge in [-0.15, -0.1) is 10.2 Å². The zero-order valence-corrected chi connectivity index (χ0v) is 15.7. The number of aromatic nitrogens is 3. The van der Waals surface area contributed by atoms with Crippen LogP contribution in [0.15, 0.2) is 28.0 Å². The molecule has 2 aliphatic rings. The molecule has 2 saturated heterocycles. The van der Waals surface area contributed by atoms with Crippen LogP contribution in [0.2, 0.25) is 0 Å². The van der Waals surface area contributed by atoms with Gasteiger partial charge in [0.2, 0.25) is 0 Å². The molecule has 1 atom stereocenters. The summed E-state index contributed by atoms with van der Waals surface area (Å²) in [6.45, 7) is 5.61. The van der Waals surface area contributed by atoms with Gasteiger partial charge in [-0.3, -0.25) is 4.90 Å². The van der Waals surface area contributed by atoms with E-state index < -0.39 is 0 Å². The molecule has 0 unspecified atom stereocenters. The first-order valence-corrected chi connectivity index (χ1v) is 10.3. The van der Waals surface area contributed by atoms with Gasteiger partial charge in [-0.1, -0.05) is 11.8 Å². The van der Waals surface area contributed by atoms with Gasteiger partial charge in [-0.25, -0.2) is 0 Å². The lowest BCUT2D eigenvalue weighted by Crippen LogP contribution is -2.24. The van der Waals surface area contributed by atoms with E-state index in [1.807, 2.05) is 23.9 Å². The first-order valence-electron chi connectivity index (χ1n) is 9.32. The van der Waals surface area contributed by atoms with Crippen molar-refractivity contribution in [1.29, 1.82) is 0 Å². The van der Waals surface area contributed by atoms with Crippen molar-refractivity contribution in [3.8, 4) is 0 Å². The predicted octanol–water partition coefficient (Wildman–Crippen LogP) is 2.93. The Hall–Kier alpha value is -1.31. The standard InChI is InChI=1S/C18H27N5OS/c1-21-17(16-7-4-10-23(16)14-15-6-5-12-24-15)19-20-18(21)25-13-11-22-8-2-3-9-22/h5-6,12,16H,2-4,7-11,13-14H2,1H3/t16-/m1/s1. The minimum absolute atomic E-state index is 0.343. The van der Waals surface area contributed by atoms with E-state index in [-0.39, 0.29) is 0 Å². The minimum Gasteiger partial charge on any atom is -0.468 e. The summed E-state index contributed by atoms with van der Waals surface area (Å²) in [6.07, 6.45) is 6.80. The summed E-state index contributed by atoms with van der Waals surface area (Å²) in [7, 11) is 2.11. The molecule has 6 nitrogen and oxygen atoms in total. The van der Waals surface area contributed by atoms with Crippen molar-refractivity contribution in [2.24, 2.45) is 7.05 Å². The van der Waals surface area contributed by atoms with Crippen LogP contribution in [0, 0.1) is 0 Å². The van der Waals surface area contributed by atoms with E-state index in [4.69, 9.17) is 4.42 Å². The van der Waals surface area contributed by atoms with E-state index in [0.717, 1.165) is 48.5 Å². The third-order valence-electron chi connectivity index (χ3n) is 5.31. The fourth-order valence-electron chi connectivity index (χ4n) is 3.92. The van der Waals surface area contributed by atoms with Crippen LogP contribution in [0.4, 0.5) is 0 Å². The summed E-state index contributed by atoms with van der Waals surface area (Å²) in [5.74, 6) is 3.20. The number of thioether (sulfide) groups is 1. The van der Waals surface area contributed by atoms with Crippen molar-refractivity contribution in [2.75, 3.05) is 31.9 Å². The van der Waals surface area contributed by atoms with E-state index in [1.165, 1.54) is 32.4 Å². The molecule has 136 valence electrons. The van der Waals surface area contributed by atoms with Crippen molar-refractivity contribution < 1.29 is 4.42 Å². The van der Waals surface area contributed by atoms with Gasteiger partial charge < -0.3 is 13.9 Å². The van der Waals surface area contributed by atoms with Crippen LogP contribution in [0.1, 0.15) is 43.3 Å². The van der Waals surface area contributed by atoms with Crippen molar-refractivity contribution in [3.05, 3.63) is 30.0 Å². The average Bonchev–Trinajstić information content (AvgIpc) is 3.38. The minimum atomic E-state index is 0.343. The summed E-state index contributed by atoms with van der Waals surface area (Å²) < 4.78 is 7.72. The molecule has 0 N–H and O–H groups in total. The molecule has 0 bridgehead atoms. The zero-order valence-electron chi connectivity index (χ0n) is 14.9. The lowest BCUT2D eigenvalue weighted by Gasteiger charge is -2.22. The molecule has 2 fully saturated rings. The number of hydrogen-bond donors (Lipinski definition) is 0. The van der Waals surface area contributed by atoms with Crippen LogP contribution >= 0.6 is 11.8 Å². The maximum atomic E-state index is 5.52. The zero-order chi connectivity index (χ0) is 17.1. The third-order valence-corrected chi connectivity index (χ3v) is 6.31. The number of rotatable bonds is 7. The van der Waals surface area contributed by atoms with Gasteiger partial charge in [-0.05, 0) is 57.5 Å². The van der Waals surface area contributed by atoms with E-state index in [9.17, 15) is 0 Å². The Morgan fingerprint density at radius 3 is 2.88 bits per heavy atom. The van der Waals surface area contributed by atoms with Crippen LogP contribution in [0.25, 0.3) is 0 Å². The molecule has 0 amide bonds. The van der Waals surface area contributed by atoms with Gasteiger partial charge >= 0.3 is 0 Å². The van der Waals surface area contributed by atoms with Gasteiger partial charge in [0.25, 0.3) is 0 Å². The lowest BCUT2D eigenvalue weighted by atomic mass is 10.2. The molecule has 2 aromatic heterocycles. The van der Waals surface area contributed by atoms with E-state index in [2.05, 4.69) is 31.6 Å². The van der Waals surface area contributed by atoms with Gasteiger partial charge in [0, 0.05) is 19.3 Å². The highest BCUT2D eigenvalue weighted by Crippen LogP contribution is 2.33. The molecule has 7 heteroatoms. The van der Waals surface area contributed by atoms with Gasteiger partial charge in [0.05, 0.1) is 18.8 Å². The van der Waals surface area contributed by atoms with Crippen molar-refractivity contribution >= 4 is 11.8 Å². The topological polar surface area (TPSA) is 50.3 Å². The van der Waals surface area contributed by atoms with Crippen LogP contribution in [-0.4, -0.2) is 56.5 Å². The molecule has 25 heavy (non-hydrogen) atoms. The summed E-state index contributed by atoms with van der Waals surface area (Å²) in [6, 6.07) is 4.35. The quantitative estimate of drug-likeness (QED) is 0.707. The molecule has 4 heterocycles. The first kappa shape index (κ1) is 17.1. The predicted molar refractivity (Wildman–Crippen MR) is 98.5 cm³/mol. The maximum Gasteiger partial charge on any atom is 0.191 e. The smallest absolute Gasteiger partial charge is 0.191 e. The molecule has 0 saturated carbocycles. The van der Waals surface area contributed by atoms with Crippen molar-refractivity contribution in [3.63, 3.8) is 0 Å². The fourth-order valence-corrected chi connectivity index (χ4v) is 4.84.